The average Bonchev–Trinajstić information content (AvgIpc) is 2.87. The highest BCUT2D eigenvalue weighted by atomic mass is 35.5. The van der Waals surface area contributed by atoms with Crippen molar-refractivity contribution in [1.82, 2.24) is 4.90 Å². The summed E-state index contributed by atoms with van der Waals surface area (Å²) in [7, 11) is 0. The molecule has 0 radical (unpaired) electrons. The molecule has 2 aliphatic heterocycles. The number of rotatable bonds is 1. The van der Waals surface area contributed by atoms with E-state index in [9.17, 15) is 4.79 Å². The van der Waals surface area contributed by atoms with Crippen molar-refractivity contribution in [3.05, 3.63) is 22.7 Å². The lowest BCUT2D eigenvalue weighted by atomic mass is 10.0. The zero-order valence-corrected chi connectivity index (χ0v) is 11.6. The summed E-state index contributed by atoms with van der Waals surface area (Å²) in [5.74, 6) is 1.11. The van der Waals surface area contributed by atoms with Crippen LogP contribution in [0.2, 0.25) is 5.02 Å². The summed E-state index contributed by atoms with van der Waals surface area (Å²) < 4.78 is 10.6. The van der Waals surface area contributed by atoms with Crippen LogP contribution < -0.4 is 9.47 Å². The molecule has 0 bridgehead atoms. The van der Waals surface area contributed by atoms with Crippen LogP contribution in [0.1, 0.15) is 36.5 Å². The van der Waals surface area contributed by atoms with Gasteiger partial charge in [-0.25, -0.2) is 0 Å². The van der Waals surface area contributed by atoms with Crippen molar-refractivity contribution >= 4 is 17.5 Å². The Balaban J connectivity index is 1.89. The maximum absolute atomic E-state index is 12.5. The molecule has 1 amide bonds. The molecule has 0 spiro atoms. The highest BCUT2D eigenvalue weighted by Gasteiger charge is 2.27. The Morgan fingerprint density at radius 2 is 2.21 bits per heavy atom. The number of ether oxygens (including phenoxy) is 2. The second-order valence-corrected chi connectivity index (χ2v) is 5.44. The molecule has 2 aliphatic rings. The third-order valence-corrected chi connectivity index (χ3v) is 4.02. The first-order chi connectivity index (χ1) is 9.16. The first-order valence-electron chi connectivity index (χ1n) is 6.57. The van der Waals surface area contributed by atoms with E-state index in [1.807, 2.05) is 4.90 Å². The standard InChI is InChI=1S/C14H16ClNO3/c1-9-4-2-3-5-16(9)14(17)10-6-11(15)13-12(7-10)18-8-19-13/h6-7,9H,2-5,8H2,1H3. The molecule has 1 atom stereocenters. The van der Waals surface area contributed by atoms with Crippen LogP contribution in [-0.4, -0.2) is 30.2 Å². The van der Waals surface area contributed by atoms with Gasteiger partial charge in [-0.2, -0.15) is 0 Å². The minimum atomic E-state index is 0.0207. The van der Waals surface area contributed by atoms with Crippen molar-refractivity contribution in [1.29, 1.82) is 0 Å². The summed E-state index contributed by atoms with van der Waals surface area (Å²) in [6, 6.07) is 3.67. The molecule has 2 heterocycles. The zero-order valence-electron chi connectivity index (χ0n) is 10.8. The molecule has 0 saturated carbocycles. The van der Waals surface area contributed by atoms with Crippen LogP contribution in [-0.2, 0) is 0 Å². The van der Waals surface area contributed by atoms with Crippen LogP contribution >= 0.6 is 11.6 Å². The van der Waals surface area contributed by atoms with Crippen molar-refractivity contribution in [2.24, 2.45) is 0 Å². The predicted octanol–water partition coefficient (Wildman–Crippen LogP) is 3.08. The molecule has 1 unspecified atom stereocenters. The van der Waals surface area contributed by atoms with Gasteiger partial charge >= 0.3 is 0 Å². The van der Waals surface area contributed by atoms with Crippen molar-refractivity contribution in [3.8, 4) is 11.5 Å². The molecule has 1 saturated heterocycles. The third kappa shape index (κ3) is 2.25. The van der Waals surface area contributed by atoms with E-state index in [2.05, 4.69) is 6.92 Å². The van der Waals surface area contributed by atoms with Gasteiger partial charge in [-0.1, -0.05) is 11.6 Å². The molecule has 1 aromatic carbocycles. The number of hydrogen-bond acceptors (Lipinski definition) is 3. The maximum Gasteiger partial charge on any atom is 0.254 e. The smallest absolute Gasteiger partial charge is 0.254 e. The molecule has 3 rings (SSSR count). The number of nitrogens with zero attached hydrogens (tertiary/aromatic N) is 1. The first kappa shape index (κ1) is 12.6. The summed E-state index contributed by atoms with van der Waals surface area (Å²) in [5, 5.41) is 0.433. The fourth-order valence-electron chi connectivity index (χ4n) is 2.66. The van der Waals surface area contributed by atoms with Crippen LogP contribution in [0.3, 0.4) is 0 Å². The number of benzene rings is 1. The molecular weight excluding hydrogens is 266 g/mol. The van der Waals surface area contributed by atoms with Crippen LogP contribution in [0.25, 0.3) is 0 Å². The Hall–Kier alpha value is -1.42. The van der Waals surface area contributed by atoms with E-state index in [4.69, 9.17) is 21.1 Å². The highest BCUT2D eigenvalue weighted by molar-refractivity contribution is 6.32. The summed E-state index contributed by atoms with van der Waals surface area (Å²) in [6.07, 6.45) is 3.31. The minimum Gasteiger partial charge on any atom is -0.454 e. The van der Waals surface area contributed by atoms with Gasteiger partial charge in [0.25, 0.3) is 5.91 Å². The zero-order chi connectivity index (χ0) is 13.4. The Kier molecular flexibility index (Phi) is 3.27. The summed E-state index contributed by atoms with van der Waals surface area (Å²) in [5.41, 5.74) is 0.572. The number of hydrogen-bond donors (Lipinski definition) is 0. The fraction of sp³-hybridized carbons (Fsp3) is 0.500. The summed E-state index contributed by atoms with van der Waals surface area (Å²) in [4.78, 5) is 14.4. The molecule has 1 fully saturated rings. The lowest BCUT2D eigenvalue weighted by Gasteiger charge is -2.33. The Labute approximate surface area is 117 Å². The van der Waals surface area contributed by atoms with Gasteiger partial charge in [-0.05, 0) is 38.3 Å². The predicted molar refractivity (Wildman–Crippen MR) is 71.9 cm³/mol. The summed E-state index contributed by atoms with van der Waals surface area (Å²) in [6.45, 7) is 3.06. The monoisotopic (exact) mass is 281 g/mol. The lowest BCUT2D eigenvalue weighted by Crippen LogP contribution is -2.42. The Bertz CT molecular complexity index is 518. The molecule has 4 nitrogen and oxygen atoms in total. The van der Waals surface area contributed by atoms with Gasteiger partial charge in [0.05, 0.1) is 5.02 Å². The average molecular weight is 282 g/mol. The molecule has 102 valence electrons. The molecule has 19 heavy (non-hydrogen) atoms. The molecular formula is C14H16ClNO3. The van der Waals surface area contributed by atoms with Crippen LogP contribution in [0, 0.1) is 0 Å². The number of halogens is 1. The largest absolute Gasteiger partial charge is 0.454 e. The first-order valence-corrected chi connectivity index (χ1v) is 6.95. The molecule has 0 N–H and O–H groups in total. The van der Waals surface area contributed by atoms with Gasteiger partial charge in [0.1, 0.15) is 0 Å². The molecule has 5 heteroatoms. The van der Waals surface area contributed by atoms with Crippen molar-refractivity contribution in [3.63, 3.8) is 0 Å². The SMILES string of the molecule is CC1CCCCN1C(=O)c1cc(Cl)c2c(c1)OCO2. The topological polar surface area (TPSA) is 38.8 Å². The normalized spacial score (nSPS) is 21.6. The number of likely N-dealkylation sites (tertiary alicyclic amines) is 1. The van der Waals surface area contributed by atoms with Gasteiger partial charge in [0, 0.05) is 18.2 Å². The molecule has 1 aromatic rings. The van der Waals surface area contributed by atoms with Gasteiger partial charge < -0.3 is 14.4 Å². The fourth-order valence-corrected chi connectivity index (χ4v) is 2.92. The van der Waals surface area contributed by atoms with Crippen molar-refractivity contribution in [2.75, 3.05) is 13.3 Å². The van der Waals surface area contributed by atoms with Crippen molar-refractivity contribution in [2.45, 2.75) is 32.2 Å². The van der Waals surface area contributed by atoms with Gasteiger partial charge in [-0.15, -0.1) is 0 Å². The Morgan fingerprint density at radius 3 is 3.00 bits per heavy atom. The number of piperidine rings is 1. The van der Waals surface area contributed by atoms with E-state index >= 15 is 0 Å². The second kappa shape index (κ2) is 4.93. The third-order valence-electron chi connectivity index (χ3n) is 3.74. The van der Waals surface area contributed by atoms with Crippen molar-refractivity contribution < 1.29 is 14.3 Å². The number of carbonyl (C=O) groups excluding carboxylic acids is 1. The number of fused-ring (bicyclic) bond motifs is 1. The maximum atomic E-state index is 12.5. The van der Waals surface area contributed by atoms with Gasteiger partial charge in [-0.3, -0.25) is 4.79 Å². The van der Waals surface area contributed by atoms with E-state index in [-0.39, 0.29) is 18.7 Å². The van der Waals surface area contributed by atoms with E-state index < -0.39 is 0 Å². The Morgan fingerprint density at radius 1 is 1.37 bits per heavy atom. The summed E-state index contributed by atoms with van der Waals surface area (Å²) >= 11 is 6.12. The van der Waals surface area contributed by atoms with E-state index in [0.29, 0.717) is 22.1 Å². The van der Waals surface area contributed by atoms with Crippen LogP contribution in [0.4, 0.5) is 0 Å². The van der Waals surface area contributed by atoms with Gasteiger partial charge in [0.15, 0.2) is 11.5 Å². The second-order valence-electron chi connectivity index (χ2n) is 5.04. The van der Waals surface area contributed by atoms with Crippen LogP contribution in [0.5, 0.6) is 11.5 Å². The molecule has 0 aromatic heterocycles. The quantitative estimate of drug-likeness (QED) is 0.794. The van der Waals surface area contributed by atoms with E-state index in [1.54, 1.807) is 12.1 Å². The van der Waals surface area contributed by atoms with Crippen LogP contribution in [0.15, 0.2) is 12.1 Å². The van der Waals surface area contributed by atoms with E-state index in [1.165, 1.54) is 6.42 Å². The number of amides is 1. The van der Waals surface area contributed by atoms with E-state index in [0.717, 1.165) is 19.4 Å². The minimum absolute atomic E-state index is 0.0207. The number of carbonyl (C=O) groups is 1. The lowest BCUT2D eigenvalue weighted by molar-refractivity contribution is 0.0635. The van der Waals surface area contributed by atoms with Gasteiger partial charge in [0.2, 0.25) is 6.79 Å². The highest BCUT2D eigenvalue weighted by Crippen LogP contribution is 2.40. The molecule has 0 aliphatic carbocycles.